The van der Waals surface area contributed by atoms with Gasteiger partial charge < -0.3 is 5.32 Å². The van der Waals surface area contributed by atoms with Crippen LogP contribution in [0.2, 0.25) is 10.0 Å². The van der Waals surface area contributed by atoms with Crippen LogP contribution in [0.4, 0.5) is 5.69 Å². The molecule has 0 heterocycles. The predicted octanol–water partition coefficient (Wildman–Crippen LogP) is 2.43. The van der Waals surface area contributed by atoms with Gasteiger partial charge in [-0.2, -0.15) is 0 Å². The first-order chi connectivity index (χ1) is 9.70. The summed E-state index contributed by atoms with van der Waals surface area (Å²) in [5, 5.41) is 3.35. The molecule has 0 radical (unpaired) electrons. The molecule has 1 fully saturated rings. The number of nitrogens with zero attached hydrogens (tertiary/aromatic N) is 1. The summed E-state index contributed by atoms with van der Waals surface area (Å²) in [6.45, 7) is 1.52. The number of benzene rings is 1. The smallest absolute Gasteiger partial charge is 0.243 e. The topological polar surface area (TPSA) is 66.5 Å². The Morgan fingerprint density at radius 3 is 2.52 bits per heavy atom. The molecule has 21 heavy (non-hydrogen) atoms. The van der Waals surface area contributed by atoms with E-state index in [0.717, 1.165) is 23.4 Å². The van der Waals surface area contributed by atoms with Gasteiger partial charge in [0.25, 0.3) is 0 Å². The van der Waals surface area contributed by atoms with Gasteiger partial charge in [-0.25, -0.2) is 8.42 Å². The first-order valence-electron chi connectivity index (χ1n) is 6.45. The average Bonchev–Trinajstić information content (AvgIpc) is 3.16. The zero-order chi connectivity index (χ0) is 15.8. The molecule has 5 nitrogen and oxygen atoms in total. The normalized spacial score (nSPS) is 16.4. The lowest BCUT2D eigenvalue weighted by Crippen LogP contribution is -2.48. The van der Waals surface area contributed by atoms with Crippen LogP contribution in [0.3, 0.4) is 0 Å². The molecule has 0 spiro atoms. The average molecular weight is 351 g/mol. The molecule has 2 rings (SSSR count). The van der Waals surface area contributed by atoms with Crippen molar-refractivity contribution < 1.29 is 13.2 Å². The summed E-state index contributed by atoms with van der Waals surface area (Å²) in [5.74, 6) is -0.348. The first-order valence-corrected chi connectivity index (χ1v) is 9.05. The monoisotopic (exact) mass is 350 g/mol. The number of carbonyl (C=O) groups is 1. The van der Waals surface area contributed by atoms with Crippen molar-refractivity contribution in [2.45, 2.75) is 31.8 Å². The lowest BCUT2D eigenvalue weighted by atomic mass is 10.2. The zero-order valence-corrected chi connectivity index (χ0v) is 14.0. The number of hydrogen-bond acceptors (Lipinski definition) is 3. The summed E-state index contributed by atoms with van der Waals surface area (Å²) in [6, 6.07) is 3.74. The SMILES string of the molecule is C[C@@H](C(=O)NC1CC1)N(c1cc(Cl)ccc1Cl)S(C)(=O)=O. The van der Waals surface area contributed by atoms with Crippen LogP contribution < -0.4 is 9.62 Å². The molecule has 1 aliphatic carbocycles. The van der Waals surface area contributed by atoms with Gasteiger partial charge in [0.05, 0.1) is 17.0 Å². The molecule has 1 aromatic rings. The molecule has 116 valence electrons. The van der Waals surface area contributed by atoms with Crippen molar-refractivity contribution in [3.63, 3.8) is 0 Å². The van der Waals surface area contributed by atoms with Crippen molar-refractivity contribution in [3.05, 3.63) is 28.2 Å². The van der Waals surface area contributed by atoms with E-state index < -0.39 is 16.1 Å². The summed E-state index contributed by atoms with van der Waals surface area (Å²) in [4.78, 5) is 12.2. The van der Waals surface area contributed by atoms with E-state index >= 15 is 0 Å². The van der Waals surface area contributed by atoms with Gasteiger partial charge in [0.1, 0.15) is 6.04 Å². The van der Waals surface area contributed by atoms with Crippen LogP contribution in [0.25, 0.3) is 0 Å². The molecule has 1 amide bonds. The van der Waals surface area contributed by atoms with Crippen LogP contribution in [0.5, 0.6) is 0 Å². The summed E-state index contributed by atoms with van der Waals surface area (Å²) in [5.41, 5.74) is 0.199. The molecule has 0 aliphatic heterocycles. The minimum absolute atomic E-state index is 0.149. The highest BCUT2D eigenvalue weighted by Crippen LogP contribution is 2.32. The van der Waals surface area contributed by atoms with Crippen LogP contribution in [-0.4, -0.2) is 32.7 Å². The quantitative estimate of drug-likeness (QED) is 0.886. The molecular formula is C13H16Cl2N2O3S. The van der Waals surface area contributed by atoms with Crippen molar-refractivity contribution in [3.8, 4) is 0 Å². The Hall–Kier alpha value is -0.980. The molecule has 1 atom stereocenters. The van der Waals surface area contributed by atoms with Crippen LogP contribution in [0.15, 0.2) is 18.2 Å². The van der Waals surface area contributed by atoms with Gasteiger partial charge in [-0.1, -0.05) is 23.2 Å². The number of nitrogens with one attached hydrogen (secondary N) is 1. The Balaban J connectivity index is 2.38. The van der Waals surface area contributed by atoms with Crippen LogP contribution in [-0.2, 0) is 14.8 Å². The number of rotatable bonds is 5. The predicted molar refractivity (Wildman–Crippen MR) is 84.4 cm³/mol. The molecule has 0 bridgehead atoms. The standard InChI is InChI=1S/C13H16Cl2N2O3S/c1-8(13(18)16-10-4-5-10)17(21(2,19)20)12-7-9(14)3-6-11(12)15/h3,6-8,10H,4-5H2,1-2H3,(H,16,18)/t8-/m0/s1. The van der Waals surface area contributed by atoms with E-state index in [1.54, 1.807) is 6.07 Å². The van der Waals surface area contributed by atoms with Gasteiger partial charge >= 0.3 is 0 Å². The fraction of sp³-hybridized carbons (Fsp3) is 0.462. The van der Waals surface area contributed by atoms with Crippen molar-refractivity contribution in [1.82, 2.24) is 5.32 Å². The third-order valence-corrected chi connectivity index (χ3v) is 4.94. The first kappa shape index (κ1) is 16.4. The van der Waals surface area contributed by atoms with E-state index in [9.17, 15) is 13.2 Å². The molecule has 0 aromatic heterocycles. The van der Waals surface area contributed by atoms with Crippen molar-refractivity contribution in [2.24, 2.45) is 0 Å². The molecule has 1 aromatic carbocycles. The number of hydrogen-bond donors (Lipinski definition) is 1. The Morgan fingerprint density at radius 2 is 2.00 bits per heavy atom. The van der Waals surface area contributed by atoms with Crippen LogP contribution in [0.1, 0.15) is 19.8 Å². The number of sulfonamides is 1. The highest BCUT2D eigenvalue weighted by molar-refractivity contribution is 7.92. The second-order valence-electron chi connectivity index (χ2n) is 5.11. The van der Waals surface area contributed by atoms with E-state index in [1.165, 1.54) is 19.1 Å². The minimum atomic E-state index is -3.69. The summed E-state index contributed by atoms with van der Waals surface area (Å²) in [7, 11) is -3.69. The summed E-state index contributed by atoms with van der Waals surface area (Å²) < 4.78 is 25.2. The molecule has 1 aliphatic rings. The van der Waals surface area contributed by atoms with Crippen LogP contribution >= 0.6 is 23.2 Å². The third kappa shape index (κ3) is 4.02. The van der Waals surface area contributed by atoms with E-state index in [1.807, 2.05) is 0 Å². The Labute approximate surface area is 134 Å². The zero-order valence-electron chi connectivity index (χ0n) is 11.6. The van der Waals surface area contributed by atoms with Gasteiger partial charge in [0.2, 0.25) is 15.9 Å². The molecular weight excluding hydrogens is 335 g/mol. The number of amides is 1. The Bertz CT molecular complexity index is 659. The Morgan fingerprint density at radius 1 is 1.38 bits per heavy atom. The largest absolute Gasteiger partial charge is 0.352 e. The second-order valence-corrected chi connectivity index (χ2v) is 7.82. The molecule has 0 unspecified atom stereocenters. The van der Waals surface area contributed by atoms with Gasteiger partial charge in [0, 0.05) is 11.1 Å². The number of halogens is 2. The van der Waals surface area contributed by atoms with Crippen molar-refractivity contribution >= 4 is 44.8 Å². The van der Waals surface area contributed by atoms with Gasteiger partial charge in [-0.3, -0.25) is 9.10 Å². The van der Waals surface area contributed by atoms with Gasteiger partial charge in [0.15, 0.2) is 0 Å². The highest BCUT2D eigenvalue weighted by Gasteiger charge is 2.33. The van der Waals surface area contributed by atoms with Crippen molar-refractivity contribution in [1.29, 1.82) is 0 Å². The van der Waals surface area contributed by atoms with E-state index in [0.29, 0.717) is 5.02 Å². The number of carbonyl (C=O) groups excluding carboxylic acids is 1. The minimum Gasteiger partial charge on any atom is -0.352 e. The van der Waals surface area contributed by atoms with Crippen LogP contribution in [0, 0.1) is 0 Å². The lowest BCUT2D eigenvalue weighted by molar-refractivity contribution is -0.121. The van der Waals surface area contributed by atoms with E-state index in [-0.39, 0.29) is 22.7 Å². The molecule has 0 saturated heterocycles. The summed E-state index contributed by atoms with van der Waals surface area (Å²) in [6.07, 6.45) is 2.88. The molecule has 1 N–H and O–H groups in total. The van der Waals surface area contributed by atoms with Gasteiger partial charge in [-0.05, 0) is 38.0 Å². The fourth-order valence-corrected chi connectivity index (χ4v) is 3.59. The highest BCUT2D eigenvalue weighted by atomic mass is 35.5. The lowest BCUT2D eigenvalue weighted by Gasteiger charge is -2.29. The maximum absolute atomic E-state index is 12.2. The fourth-order valence-electron chi connectivity index (χ4n) is 1.99. The molecule has 1 saturated carbocycles. The second kappa shape index (κ2) is 6.02. The maximum atomic E-state index is 12.2. The Kier molecular flexibility index (Phi) is 4.70. The van der Waals surface area contributed by atoms with E-state index in [2.05, 4.69) is 5.32 Å². The third-order valence-electron chi connectivity index (χ3n) is 3.16. The van der Waals surface area contributed by atoms with E-state index in [4.69, 9.17) is 23.2 Å². The summed E-state index contributed by atoms with van der Waals surface area (Å²) >= 11 is 12.0. The number of anilines is 1. The van der Waals surface area contributed by atoms with Gasteiger partial charge in [-0.15, -0.1) is 0 Å². The maximum Gasteiger partial charge on any atom is 0.243 e. The molecule has 8 heteroatoms. The van der Waals surface area contributed by atoms with Crippen molar-refractivity contribution in [2.75, 3.05) is 10.6 Å².